The molecule has 0 N–H and O–H groups in total. The first-order chi connectivity index (χ1) is 7.40. The number of rotatable bonds is 0. The fraction of sp³-hybridized carbons (Fsp3) is 0.818. The molecule has 2 fully saturated rings. The minimum atomic E-state index is 0.141. The lowest BCUT2D eigenvalue weighted by Crippen LogP contribution is -2.33. The Hall–Kier alpha value is -1.06. The first kappa shape index (κ1) is 8.13. The van der Waals surface area contributed by atoms with Crippen LogP contribution in [0.15, 0.2) is 10.3 Å². The second-order valence-electron chi connectivity index (χ2n) is 5.10. The summed E-state index contributed by atoms with van der Waals surface area (Å²) in [7, 11) is 0. The van der Waals surface area contributed by atoms with E-state index in [0.29, 0.717) is 11.8 Å². The monoisotopic (exact) mass is 206 g/mol. The summed E-state index contributed by atoms with van der Waals surface area (Å²) in [6.07, 6.45) is 4.84. The van der Waals surface area contributed by atoms with Crippen LogP contribution in [0.5, 0.6) is 0 Å². The molecule has 0 amide bonds. The van der Waals surface area contributed by atoms with Gasteiger partial charge in [0.2, 0.25) is 0 Å². The standard InChI is InChI=1S/C11H14N2O2/c1-3-11(9-7(1)5-14-12-9)4-2-8-6-15-13-10(8)11/h7-8H,1-6H2/t7-,8+,11?. The molecule has 0 saturated heterocycles. The van der Waals surface area contributed by atoms with Crippen LogP contribution in [0.3, 0.4) is 0 Å². The van der Waals surface area contributed by atoms with Crippen molar-refractivity contribution < 1.29 is 9.68 Å². The van der Waals surface area contributed by atoms with Crippen LogP contribution in [0.2, 0.25) is 0 Å². The molecule has 80 valence electrons. The van der Waals surface area contributed by atoms with E-state index in [1.807, 2.05) is 0 Å². The molecular weight excluding hydrogens is 192 g/mol. The van der Waals surface area contributed by atoms with Gasteiger partial charge in [-0.1, -0.05) is 10.3 Å². The topological polar surface area (TPSA) is 43.2 Å². The molecule has 2 heterocycles. The molecular formula is C11H14N2O2. The lowest BCUT2D eigenvalue weighted by atomic mass is 9.79. The van der Waals surface area contributed by atoms with Crippen LogP contribution in [0.4, 0.5) is 0 Å². The number of nitrogens with zero attached hydrogens (tertiary/aromatic N) is 2. The molecule has 3 atom stereocenters. The zero-order chi connectivity index (χ0) is 9.88. The van der Waals surface area contributed by atoms with Crippen molar-refractivity contribution in [1.29, 1.82) is 0 Å². The van der Waals surface area contributed by atoms with Crippen LogP contribution in [0.1, 0.15) is 25.7 Å². The average Bonchev–Trinajstić information content (AvgIpc) is 2.95. The molecule has 1 spiro atoms. The first-order valence-corrected chi connectivity index (χ1v) is 5.81. The molecule has 0 aromatic carbocycles. The Labute approximate surface area is 88.3 Å². The van der Waals surface area contributed by atoms with Gasteiger partial charge in [-0.15, -0.1) is 0 Å². The molecule has 0 aromatic rings. The van der Waals surface area contributed by atoms with E-state index in [9.17, 15) is 0 Å². The van der Waals surface area contributed by atoms with E-state index < -0.39 is 0 Å². The van der Waals surface area contributed by atoms with Crippen LogP contribution in [-0.4, -0.2) is 24.6 Å². The van der Waals surface area contributed by atoms with Crippen LogP contribution >= 0.6 is 0 Å². The largest absolute Gasteiger partial charge is 0.395 e. The maximum atomic E-state index is 5.24. The predicted octanol–water partition coefficient (Wildman–Crippen LogP) is 1.57. The predicted molar refractivity (Wildman–Crippen MR) is 54.7 cm³/mol. The number of hydrogen-bond donors (Lipinski definition) is 0. The average molecular weight is 206 g/mol. The summed E-state index contributed by atoms with van der Waals surface area (Å²) in [6.45, 7) is 1.58. The molecule has 4 rings (SSSR count). The Morgan fingerprint density at radius 1 is 0.933 bits per heavy atom. The maximum Gasteiger partial charge on any atom is 0.125 e. The Morgan fingerprint density at radius 3 is 2.00 bits per heavy atom. The summed E-state index contributed by atoms with van der Waals surface area (Å²) in [6, 6.07) is 0. The second-order valence-corrected chi connectivity index (χ2v) is 5.10. The summed E-state index contributed by atoms with van der Waals surface area (Å²) in [5.74, 6) is 1.12. The molecule has 4 aliphatic rings. The summed E-state index contributed by atoms with van der Waals surface area (Å²) in [5, 5.41) is 8.55. The normalized spacial score (nSPS) is 45.9. The Morgan fingerprint density at radius 2 is 1.47 bits per heavy atom. The highest BCUT2D eigenvalue weighted by atomic mass is 16.6. The van der Waals surface area contributed by atoms with Gasteiger partial charge in [0, 0.05) is 11.8 Å². The quantitative estimate of drug-likeness (QED) is 0.603. The van der Waals surface area contributed by atoms with Gasteiger partial charge >= 0.3 is 0 Å². The third-order valence-electron chi connectivity index (χ3n) is 4.47. The SMILES string of the molecule is C1CC2(CC[C@H]3CON=C32)C2=NOC[C@@H]12. The smallest absolute Gasteiger partial charge is 0.125 e. The van der Waals surface area contributed by atoms with E-state index in [-0.39, 0.29) is 5.41 Å². The minimum absolute atomic E-state index is 0.141. The fourth-order valence-corrected chi connectivity index (χ4v) is 3.71. The van der Waals surface area contributed by atoms with Crippen molar-refractivity contribution in [1.82, 2.24) is 0 Å². The van der Waals surface area contributed by atoms with Gasteiger partial charge in [0.1, 0.15) is 13.2 Å². The zero-order valence-corrected chi connectivity index (χ0v) is 8.61. The highest BCUT2D eigenvalue weighted by Crippen LogP contribution is 2.53. The van der Waals surface area contributed by atoms with Crippen molar-refractivity contribution >= 4 is 11.4 Å². The number of hydrogen-bond acceptors (Lipinski definition) is 4. The van der Waals surface area contributed by atoms with Gasteiger partial charge < -0.3 is 9.68 Å². The van der Waals surface area contributed by atoms with Crippen molar-refractivity contribution in [3.63, 3.8) is 0 Å². The van der Waals surface area contributed by atoms with Gasteiger partial charge in [0.05, 0.1) is 16.8 Å². The lowest BCUT2D eigenvalue weighted by Gasteiger charge is -2.22. The molecule has 2 aliphatic heterocycles. The summed E-state index contributed by atoms with van der Waals surface area (Å²) in [4.78, 5) is 10.5. The molecule has 0 radical (unpaired) electrons. The van der Waals surface area contributed by atoms with Crippen LogP contribution < -0.4 is 0 Å². The molecule has 2 saturated carbocycles. The minimum Gasteiger partial charge on any atom is -0.395 e. The van der Waals surface area contributed by atoms with E-state index in [4.69, 9.17) is 9.68 Å². The van der Waals surface area contributed by atoms with Crippen LogP contribution in [-0.2, 0) is 9.68 Å². The van der Waals surface area contributed by atoms with Gasteiger partial charge in [0.25, 0.3) is 0 Å². The van der Waals surface area contributed by atoms with Crippen LogP contribution in [0.25, 0.3) is 0 Å². The molecule has 2 aliphatic carbocycles. The third-order valence-corrected chi connectivity index (χ3v) is 4.47. The van der Waals surface area contributed by atoms with Crippen molar-refractivity contribution in [3.8, 4) is 0 Å². The van der Waals surface area contributed by atoms with Crippen molar-refractivity contribution in [2.45, 2.75) is 25.7 Å². The van der Waals surface area contributed by atoms with E-state index >= 15 is 0 Å². The van der Waals surface area contributed by atoms with E-state index in [1.165, 1.54) is 37.1 Å². The molecule has 4 nitrogen and oxygen atoms in total. The van der Waals surface area contributed by atoms with E-state index in [0.717, 1.165) is 13.2 Å². The third kappa shape index (κ3) is 0.840. The van der Waals surface area contributed by atoms with Gasteiger partial charge in [-0.2, -0.15) is 0 Å². The van der Waals surface area contributed by atoms with Gasteiger partial charge in [-0.3, -0.25) is 0 Å². The van der Waals surface area contributed by atoms with E-state index in [1.54, 1.807) is 0 Å². The first-order valence-electron chi connectivity index (χ1n) is 5.81. The van der Waals surface area contributed by atoms with E-state index in [2.05, 4.69) is 10.3 Å². The highest BCUT2D eigenvalue weighted by molar-refractivity contribution is 6.16. The Balaban J connectivity index is 1.82. The van der Waals surface area contributed by atoms with Gasteiger partial charge in [-0.25, -0.2) is 0 Å². The number of fused-ring (bicyclic) bond motifs is 4. The van der Waals surface area contributed by atoms with Crippen molar-refractivity contribution in [3.05, 3.63) is 0 Å². The molecule has 1 unspecified atom stereocenters. The lowest BCUT2D eigenvalue weighted by molar-refractivity contribution is 0.146. The van der Waals surface area contributed by atoms with Crippen molar-refractivity contribution in [2.24, 2.45) is 27.6 Å². The molecule has 4 heteroatoms. The summed E-state index contributed by atoms with van der Waals surface area (Å²) < 4.78 is 0. The van der Waals surface area contributed by atoms with Gasteiger partial charge in [-0.05, 0) is 25.7 Å². The highest BCUT2D eigenvalue weighted by Gasteiger charge is 2.58. The second kappa shape index (κ2) is 2.54. The van der Waals surface area contributed by atoms with Crippen molar-refractivity contribution in [2.75, 3.05) is 13.2 Å². The molecule has 0 bridgehead atoms. The Kier molecular flexibility index (Phi) is 1.38. The Bertz CT molecular complexity index is 339. The molecule has 15 heavy (non-hydrogen) atoms. The zero-order valence-electron chi connectivity index (χ0n) is 8.61. The summed E-state index contributed by atoms with van der Waals surface area (Å²) >= 11 is 0. The van der Waals surface area contributed by atoms with Crippen LogP contribution in [0, 0.1) is 17.3 Å². The summed E-state index contributed by atoms with van der Waals surface area (Å²) in [5.41, 5.74) is 2.69. The fourth-order valence-electron chi connectivity index (χ4n) is 3.71. The number of oxime groups is 2. The maximum absolute atomic E-state index is 5.24. The molecule has 0 aromatic heterocycles. The van der Waals surface area contributed by atoms with Gasteiger partial charge in [0.15, 0.2) is 0 Å².